The van der Waals surface area contributed by atoms with Gasteiger partial charge in [-0.05, 0) is 12.1 Å². The van der Waals surface area contributed by atoms with Crippen molar-refractivity contribution in [3.8, 4) is 0 Å². The molecule has 98 valence electrons. The third-order valence-electron chi connectivity index (χ3n) is 2.57. The van der Waals surface area contributed by atoms with Crippen molar-refractivity contribution in [3.05, 3.63) is 51.7 Å². The first kappa shape index (κ1) is 12.6. The number of hydrogen-bond donors (Lipinski definition) is 3. The van der Waals surface area contributed by atoms with Gasteiger partial charge in [0.05, 0.1) is 16.5 Å². The number of amides is 2. The molecule has 0 radical (unpaired) electrons. The maximum absolute atomic E-state index is 11.3. The molecule has 0 spiro atoms. The van der Waals surface area contributed by atoms with Crippen LogP contribution in [0.4, 0.5) is 10.5 Å². The Morgan fingerprint density at radius 3 is 2.68 bits per heavy atom. The normalized spacial score (nSPS) is 18.0. The molecule has 8 nitrogen and oxygen atoms in total. The number of nitro groups is 1. The van der Waals surface area contributed by atoms with E-state index in [1.807, 2.05) is 0 Å². The molecule has 0 aliphatic carbocycles. The van der Waals surface area contributed by atoms with Gasteiger partial charge in [-0.15, -0.1) is 0 Å². The van der Waals surface area contributed by atoms with Crippen molar-refractivity contribution in [2.75, 3.05) is 0 Å². The summed E-state index contributed by atoms with van der Waals surface area (Å²) in [6, 6.07) is 4.24. The van der Waals surface area contributed by atoms with Crippen LogP contribution < -0.4 is 10.6 Å². The van der Waals surface area contributed by atoms with E-state index in [0.29, 0.717) is 0 Å². The Kier molecular flexibility index (Phi) is 3.15. The minimum absolute atomic E-state index is 0.185. The average Bonchev–Trinajstić information content (AvgIpc) is 2.37. The lowest BCUT2D eigenvalue weighted by molar-refractivity contribution is -0.385. The summed E-state index contributed by atoms with van der Waals surface area (Å²) in [6.07, 6.45) is 1.21. The molecule has 1 atom stereocenters. The smallest absolute Gasteiger partial charge is 0.352 e. The third kappa shape index (κ3) is 2.51. The number of carboxylic acids is 1. The molecule has 3 N–H and O–H groups in total. The van der Waals surface area contributed by atoms with Crippen molar-refractivity contribution >= 4 is 17.7 Å². The van der Waals surface area contributed by atoms with E-state index < -0.39 is 23.0 Å². The lowest BCUT2D eigenvalue weighted by Gasteiger charge is -2.21. The SMILES string of the molecule is O=C1NC(C(=O)O)=CC(c2ccccc2[N+](=O)[O-])N1. The van der Waals surface area contributed by atoms with Gasteiger partial charge in [0.2, 0.25) is 0 Å². The maximum Gasteiger partial charge on any atom is 0.352 e. The number of nitrogens with zero attached hydrogens (tertiary/aromatic N) is 1. The van der Waals surface area contributed by atoms with Gasteiger partial charge in [0, 0.05) is 6.07 Å². The number of rotatable bonds is 3. The number of para-hydroxylation sites is 1. The molecule has 0 bridgehead atoms. The highest BCUT2D eigenvalue weighted by atomic mass is 16.6. The van der Waals surface area contributed by atoms with Gasteiger partial charge < -0.3 is 15.7 Å². The van der Waals surface area contributed by atoms with Crippen molar-refractivity contribution in [1.29, 1.82) is 0 Å². The van der Waals surface area contributed by atoms with Crippen LogP contribution in [0.15, 0.2) is 36.0 Å². The van der Waals surface area contributed by atoms with E-state index in [2.05, 4.69) is 10.6 Å². The summed E-state index contributed by atoms with van der Waals surface area (Å²) < 4.78 is 0. The zero-order valence-corrected chi connectivity index (χ0v) is 9.49. The van der Waals surface area contributed by atoms with Crippen molar-refractivity contribution < 1.29 is 19.6 Å². The van der Waals surface area contributed by atoms with Crippen LogP contribution in [0, 0.1) is 10.1 Å². The van der Waals surface area contributed by atoms with E-state index in [9.17, 15) is 19.7 Å². The molecule has 0 aromatic heterocycles. The number of urea groups is 1. The zero-order chi connectivity index (χ0) is 14.0. The van der Waals surface area contributed by atoms with Crippen LogP contribution in [0.3, 0.4) is 0 Å². The molecule has 2 amide bonds. The molecule has 19 heavy (non-hydrogen) atoms. The molecule has 1 heterocycles. The topological polar surface area (TPSA) is 122 Å². The molecule has 8 heteroatoms. The summed E-state index contributed by atoms with van der Waals surface area (Å²) >= 11 is 0. The first-order valence-corrected chi connectivity index (χ1v) is 5.25. The van der Waals surface area contributed by atoms with E-state index >= 15 is 0 Å². The van der Waals surface area contributed by atoms with Gasteiger partial charge in [0.1, 0.15) is 5.70 Å². The van der Waals surface area contributed by atoms with Gasteiger partial charge in [-0.1, -0.05) is 12.1 Å². The molecule has 2 rings (SSSR count). The molecule has 1 aromatic rings. The number of nitro benzene ring substituents is 1. The van der Waals surface area contributed by atoms with E-state index in [1.165, 1.54) is 24.3 Å². The highest BCUT2D eigenvalue weighted by Gasteiger charge is 2.27. The molecule has 0 saturated heterocycles. The second-order valence-corrected chi connectivity index (χ2v) is 3.78. The van der Waals surface area contributed by atoms with Crippen LogP contribution in [-0.4, -0.2) is 22.0 Å². The Balaban J connectivity index is 2.46. The number of benzene rings is 1. The summed E-state index contributed by atoms with van der Waals surface area (Å²) in [4.78, 5) is 32.5. The van der Waals surface area contributed by atoms with Gasteiger partial charge in [-0.3, -0.25) is 10.1 Å². The Morgan fingerprint density at radius 2 is 2.05 bits per heavy atom. The molecule has 0 saturated carbocycles. The van der Waals surface area contributed by atoms with E-state index in [1.54, 1.807) is 6.07 Å². The van der Waals surface area contributed by atoms with Gasteiger partial charge in [0.15, 0.2) is 0 Å². The van der Waals surface area contributed by atoms with E-state index in [-0.39, 0.29) is 16.9 Å². The van der Waals surface area contributed by atoms with Gasteiger partial charge >= 0.3 is 12.0 Å². The average molecular weight is 263 g/mol. The van der Waals surface area contributed by atoms with Crippen molar-refractivity contribution in [2.24, 2.45) is 0 Å². The van der Waals surface area contributed by atoms with Crippen LogP contribution in [0.1, 0.15) is 11.6 Å². The van der Waals surface area contributed by atoms with Gasteiger partial charge in [-0.2, -0.15) is 0 Å². The first-order chi connectivity index (χ1) is 8.99. The fraction of sp³-hybridized carbons (Fsp3) is 0.0909. The molecule has 0 fully saturated rings. The lowest BCUT2D eigenvalue weighted by atomic mass is 10.0. The quantitative estimate of drug-likeness (QED) is 0.552. The van der Waals surface area contributed by atoms with Crippen molar-refractivity contribution in [1.82, 2.24) is 10.6 Å². The van der Waals surface area contributed by atoms with Gasteiger partial charge in [-0.25, -0.2) is 9.59 Å². The standard InChI is InChI=1S/C11H9N3O5/c15-10(16)8-5-7(12-11(17)13-8)6-3-1-2-4-9(6)14(18)19/h1-5,7H,(H,15,16)(H2,12,13,17). The summed E-state index contributed by atoms with van der Waals surface area (Å²) in [5, 5.41) is 24.3. The number of carbonyl (C=O) groups excluding carboxylic acids is 1. The van der Waals surface area contributed by atoms with Crippen LogP contribution in [-0.2, 0) is 4.79 Å². The highest BCUT2D eigenvalue weighted by Crippen LogP contribution is 2.27. The zero-order valence-electron chi connectivity index (χ0n) is 9.49. The van der Waals surface area contributed by atoms with Crippen molar-refractivity contribution in [2.45, 2.75) is 6.04 Å². The largest absolute Gasteiger partial charge is 0.477 e. The highest BCUT2D eigenvalue weighted by molar-refractivity contribution is 5.93. The summed E-state index contributed by atoms with van der Waals surface area (Å²) in [6.45, 7) is 0. The molecular weight excluding hydrogens is 254 g/mol. The number of carboxylic acid groups (broad SMARTS) is 1. The predicted octanol–water partition coefficient (Wildman–Crippen LogP) is 0.917. The maximum atomic E-state index is 11.3. The second kappa shape index (κ2) is 4.77. The number of carbonyl (C=O) groups is 2. The van der Waals surface area contributed by atoms with Crippen LogP contribution in [0.25, 0.3) is 0 Å². The van der Waals surface area contributed by atoms with Gasteiger partial charge in [0.25, 0.3) is 5.69 Å². The third-order valence-corrected chi connectivity index (χ3v) is 2.57. The van der Waals surface area contributed by atoms with E-state index in [4.69, 9.17) is 5.11 Å². The molecule has 1 aromatic carbocycles. The first-order valence-electron chi connectivity index (χ1n) is 5.25. The van der Waals surface area contributed by atoms with Crippen LogP contribution in [0.5, 0.6) is 0 Å². The fourth-order valence-electron chi connectivity index (χ4n) is 1.76. The lowest BCUT2D eigenvalue weighted by Crippen LogP contribution is -2.43. The second-order valence-electron chi connectivity index (χ2n) is 3.78. The molecule has 1 aliphatic heterocycles. The molecule has 1 aliphatic rings. The van der Waals surface area contributed by atoms with Crippen LogP contribution in [0.2, 0.25) is 0 Å². The predicted molar refractivity (Wildman–Crippen MR) is 63.2 cm³/mol. The Morgan fingerprint density at radius 1 is 1.37 bits per heavy atom. The Labute approximate surface area is 106 Å². The number of hydrogen-bond acceptors (Lipinski definition) is 4. The molecular formula is C11H9N3O5. The summed E-state index contributed by atoms with van der Waals surface area (Å²) in [7, 11) is 0. The summed E-state index contributed by atoms with van der Waals surface area (Å²) in [5.41, 5.74) is -0.274. The monoisotopic (exact) mass is 263 g/mol. The van der Waals surface area contributed by atoms with Crippen molar-refractivity contribution in [3.63, 3.8) is 0 Å². The Hall–Kier alpha value is -2.90. The van der Waals surface area contributed by atoms with E-state index in [0.717, 1.165) is 0 Å². The molecule has 1 unspecified atom stereocenters. The number of nitrogens with one attached hydrogen (secondary N) is 2. The fourth-order valence-corrected chi connectivity index (χ4v) is 1.76. The number of aliphatic carboxylic acids is 1. The van der Waals surface area contributed by atoms with Crippen LogP contribution >= 0.6 is 0 Å². The Bertz CT molecular complexity index is 596. The summed E-state index contributed by atoms with van der Waals surface area (Å²) in [5.74, 6) is -1.31. The minimum Gasteiger partial charge on any atom is -0.477 e. The minimum atomic E-state index is -1.31.